The van der Waals surface area contributed by atoms with Crippen LogP contribution in [0.3, 0.4) is 0 Å². The van der Waals surface area contributed by atoms with Crippen LogP contribution in [0.4, 0.5) is 0 Å². The summed E-state index contributed by atoms with van der Waals surface area (Å²) in [6.07, 6.45) is 19.3. The lowest BCUT2D eigenvalue weighted by molar-refractivity contribution is 0.126. The molecule has 0 aromatic rings. The van der Waals surface area contributed by atoms with Crippen molar-refractivity contribution in [3.05, 3.63) is 34.9 Å². The molecule has 0 heteroatoms. The molecule has 3 aliphatic rings. The average molecular weight is 397 g/mol. The molecule has 0 saturated heterocycles. The van der Waals surface area contributed by atoms with Gasteiger partial charge in [-0.1, -0.05) is 65.7 Å². The highest BCUT2D eigenvalue weighted by atomic mass is 14.5. The van der Waals surface area contributed by atoms with Gasteiger partial charge >= 0.3 is 0 Å². The van der Waals surface area contributed by atoms with Gasteiger partial charge < -0.3 is 0 Å². The molecule has 3 saturated carbocycles. The Morgan fingerprint density at radius 2 is 1.86 bits per heavy atom. The lowest BCUT2D eigenvalue weighted by Crippen LogP contribution is -2.33. The Bertz CT molecular complexity index is 652. The van der Waals surface area contributed by atoms with Crippen LogP contribution in [0.25, 0.3) is 0 Å². The summed E-state index contributed by atoms with van der Waals surface area (Å²) in [6.45, 7) is 19.0. The van der Waals surface area contributed by atoms with Crippen LogP contribution in [-0.2, 0) is 0 Å². The van der Waals surface area contributed by atoms with Gasteiger partial charge in [-0.3, -0.25) is 0 Å². The first-order valence-electron chi connectivity index (χ1n) is 12.7. The highest BCUT2D eigenvalue weighted by Gasteiger charge is 2.48. The SMILES string of the molecule is C=C1/C(=C(C)\C=C2/CCCC3(C)C(CCCCC(C)(C)C)CCC23)CCCC1C. The maximum Gasteiger partial charge on any atom is -0.0143 e. The van der Waals surface area contributed by atoms with Crippen molar-refractivity contribution in [3.63, 3.8) is 0 Å². The summed E-state index contributed by atoms with van der Waals surface area (Å²) in [5.74, 6) is 2.47. The maximum atomic E-state index is 4.45. The van der Waals surface area contributed by atoms with Crippen LogP contribution in [0, 0.1) is 28.6 Å². The molecule has 0 heterocycles. The summed E-state index contributed by atoms with van der Waals surface area (Å²) in [4.78, 5) is 0. The summed E-state index contributed by atoms with van der Waals surface area (Å²) in [6, 6.07) is 0. The van der Waals surface area contributed by atoms with E-state index in [2.05, 4.69) is 54.2 Å². The van der Waals surface area contributed by atoms with Crippen molar-refractivity contribution in [2.75, 3.05) is 0 Å². The Morgan fingerprint density at radius 3 is 2.59 bits per heavy atom. The van der Waals surface area contributed by atoms with Crippen LogP contribution < -0.4 is 0 Å². The average Bonchev–Trinajstić information content (AvgIpc) is 2.97. The zero-order chi connectivity index (χ0) is 21.2. The minimum atomic E-state index is 0.495. The number of unbranched alkanes of at least 4 members (excludes halogenated alkanes) is 1. The second-order valence-electron chi connectivity index (χ2n) is 12.2. The summed E-state index contributed by atoms with van der Waals surface area (Å²) in [5, 5.41) is 0. The van der Waals surface area contributed by atoms with Gasteiger partial charge in [0.1, 0.15) is 0 Å². The quantitative estimate of drug-likeness (QED) is 0.406. The smallest absolute Gasteiger partial charge is 0.0143 e. The first-order valence-corrected chi connectivity index (χ1v) is 12.7. The highest BCUT2D eigenvalue weighted by molar-refractivity contribution is 5.42. The molecule has 164 valence electrons. The van der Waals surface area contributed by atoms with Gasteiger partial charge in [0.15, 0.2) is 0 Å². The third-order valence-corrected chi connectivity index (χ3v) is 8.81. The Hall–Kier alpha value is -0.780. The van der Waals surface area contributed by atoms with E-state index in [9.17, 15) is 0 Å². The van der Waals surface area contributed by atoms with Crippen molar-refractivity contribution < 1.29 is 0 Å². The standard InChI is InChI=1S/C29H48/c1-21-12-10-15-26(23(21)3)22(2)20-24-13-11-19-29(7)25(16-17-27(24)29)14-8-9-18-28(4,5)6/h20-21,25,27H,3,8-19H2,1-2,4-7H3/b24-20+,26-22-. The van der Waals surface area contributed by atoms with E-state index in [0.29, 0.717) is 16.7 Å². The molecule has 0 aromatic carbocycles. The molecule has 3 rings (SSSR count). The number of hydrogen-bond acceptors (Lipinski definition) is 0. The van der Waals surface area contributed by atoms with Crippen molar-refractivity contribution >= 4 is 0 Å². The minimum Gasteiger partial charge on any atom is -0.0953 e. The van der Waals surface area contributed by atoms with E-state index in [0.717, 1.165) is 11.8 Å². The van der Waals surface area contributed by atoms with E-state index >= 15 is 0 Å². The van der Waals surface area contributed by atoms with Gasteiger partial charge in [-0.15, -0.1) is 0 Å². The zero-order valence-electron chi connectivity index (χ0n) is 20.5. The number of allylic oxidation sites excluding steroid dienone is 5. The predicted octanol–water partition coefficient (Wildman–Crippen LogP) is 9.43. The van der Waals surface area contributed by atoms with Gasteiger partial charge in [0.25, 0.3) is 0 Å². The van der Waals surface area contributed by atoms with Gasteiger partial charge in [0.2, 0.25) is 0 Å². The lowest BCUT2D eigenvalue weighted by atomic mass is 9.62. The Morgan fingerprint density at radius 1 is 1.10 bits per heavy atom. The first-order chi connectivity index (χ1) is 13.6. The monoisotopic (exact) mass is 396 g/mol. The summed E-state index contributed by atoms with van der Waals surface area (Å²) in [5.41, 5.74) is 7.39. The molecule has 0 aliphatic heterocycles. The number of rotatable bonds is 5. The fourth-order valence-corrected chi connectivity index (χ4v) is 6.87. The van der Waals surface area contributed by atoms with E-state index in [1.807, 2.05) is 0 Å². The van der Waals surface area contributed by atoms with Crippen molar-refractivity contribution in [1.82, 2.24) is 0 Å². The summed E-state index contributed by atoms with van der Waals surface area (Å²) in [7, 11) is 0. The summed E-state index contributed by atoms with van der Waals surface area (Å²) < 4.78 is 0. The van der Waals surface area contributed by atoms with Crippen molar-refractivity contribution in [2.24, 2.45) is 28.6 Å². The normalized spacial score (nSPS) is 36.4. The van der Waals surface area contributed by atoms with Crippen LogP contribution >= 0.6 is 0 Å². The van der Waals surface area contributed by atoms with Crippen LogP contribution in [0.2, 0.25) is 0 Å². The lowest BCUT2D eigenvalue weighted by Gasteiger charge is -2.43. The third-order valence-electron chi connectivity index (χ3n) is 8.81. The molecule has 0 bridgehead atoms. The van der Waals surface area contributed by atoms with E-state index in [-0.39, 0.29) is 0 Å². The van der Waals surface area contributed by atoms with Crippen LogP contribution in [0.15, 0.2) is 34.9 Å². The topological polar surface area (TPSA) is 0 Å². The largest absolute Gasteiger partial charge is 0.0953 e. The minimum absolute atomic E-state index is 0.495. The molecule has 0 radical (unpaired) electrons. The number of hydrogen-bond donors (Lipinski definition) is 0. The molecule has 4 atom stereocenters. The number of fused-ring (bicyclic) bond motifs is 1. The molecule has 0 aromatic heterocycles. The maximum absolute atomic E-state index is 4.45. The molecule has 4 unspecified atom stereocenters. The van der Waals surface area contributed by atoms with Crippen molar-refractivity contribution in [1.29, 1.82) is 0 Å². The van der Waals surface area contributed by atoms with Crippen LogP contribution in [-0.4, -0.2) is 0 Å². The van der Waals surface area contributed by atoms with Gasteiger partial charge in [-0.25, -0.2) is 0 Å². The van der Waals surface area contributed by atoms with Gasteiger partial charge in [-0.05, 0) is 116 Å². The van der Waals surface area contributed by atoms with Crippen LogP contribution in [0.5, 0.6) is 0 Å². The molecule has 3 fully saturated rings. The van der Waals surface area contributed by atoms with Gasteiger partial charge in [0, 0.05) is 0 Å². The predicted molar refractivity (Wildman–Crippen MR) is 129 cm³/mol. The third kappa shape index (κ3) is 5.29. The molecule has 0 nitrogen and oxygen atoms in total. The fraction of sp³-hybridized carbons (Fsp3) is 0.793. The van der Waals surface area contributed by atoms with Gasteiger partial charge in [-0.2, -0.15) is 0 Å². The highest BCUT2D eigenvalue weighted by Crippen LogP contribution is 2.59. The molecule has 0 N–H and O–H groups in total. The van der Waals surface area contributed by atoms with Crippen molar-refractivity contribution in [2.45, 2.75) is 119 Å². The van der Waals surface area contributed by atoms with Crippen LogP contribution in [0.1, 0.15) is 119 Å². The Labute approximate surface area is 182 Å². The molecule has 0 amide bonds. The molecule has 3 aliphatic carbocycles. The Balaban J connectivity index is 1.69. The first kappa shape index (κ1) is 22.9. The Kier molecular flexibility index (Phi) is 7.23. The summed E-state index contributed by atoms with van der Waals surface area (Å²) >= 11 is 0. The van der Waals surface area contributed by atoms with E-state index in [1.165, 1.54) is 88.2 Å². The molecular formula is C29H48. The van der Waals surface area contributed by atoms with E-state index in [1.54, 1.807) is 11.1 Å². The second kappa shape index (κ2) is 9.15. The van der Waals surface area contributed by atoms with Crippen molar-refractivity contribution in [3.8, 4) is 0 Å². The molecular weight excluding hydrogens is 348 g/mol. The second-order valence-corrected chi connectivity index (χ2v) is 12.2. The molecule has 29 heavy (non-hydrogen) atoms. The zero-order valence-corrected chi connectivity index (χ0v) is 20.5. The van der Waals surface area contributed by atoms with Gasteiger partial charge in [0.05, 0.1) is 0 Å². The van der Waals surface area contributed by atoms with E-state index in [4.69, 9.17) is 0 Å². The molecule has 0 spiro atoms. The fourth-order valence-electron chi connectivity index (χ4n) is 6.87. The van der Waals surface area contributed by atoms with E-state index < -0.39 is 0 Å².